The molecule has 1 heterocycles. The summed E-state index contributed by atoms with van der Waals surface area (Å²) >= 11 is 6.63. The van der Waals surface area contributed by atoms with Crippen molar-refractivity contribution in [2.45, 2.75) is 6.54 Å². The number of hydrogen-bond acceptors (Lipinski definition) is 4. The van der Waals surface area contributed by atoms with Crippen LogP contribution in [-0.2, 0) is 6.54 Å². The first kappa shape index (κ1) is 14.0. The van der Waals surface area contributed by atoms with E-state index < -0.39 is 0 Å². The number of hydrogen-bond donors (Lipinski definition) is 1. The third-order valence-electron chi connectivity index (χ3n) is 2.47. The summed E-state index contributed by atoms with van der Waals surface area (Å²) < 4.78 is 1.48. The summed E-state index contributed by atoms with van der Waals surface area (Å²) in [5, 5.41) is 14.1. The van der Waals surface area contributed by atoms with Crippen LogP contribution in [0.5, 0.6) is 0 Å². The zero-order valence-electron chi connectivity index (χ0n) is 9.64. The van der Waals surface area contributed by atoms with E-state index in [-0.39, 0.29) is 10.6 Å². The van der Waals surface area contributed by atoms with E-state index in [0.29, 0.717) is 16.7 Å². The van der Waals surface area contributed by atoms with Crippen molar-refractivity contribution in [2.24, 2.45) is 0 Å². The summed E-state index contributed by atoms with van der Waals surface area (Å²) in [7, 11) is 0. The maximum atomic E-state index is 11.0. The van der Waals surface area contributed by atoms with Crippen molar-refractivity contribution in [3.63, 3.8) is 0 Å². The largest absolute Gasteiger partial charge is 0.379 e. The van der Waals surface area contributed by atoms with Crippen LogP contribution >= 0.6 is 31.9 Å². The molecule has 0 radical (unpaired) electrons. The van der Waals surface area contributed by atoms with Crippen LogP contribution in [0.4, 0.5) is 11.4 Å². The van der Waals surface area contributed by atoms with Gasteiger partial charge in [0.2, 0.25) is 0 Å². The molecule has 98 valence electrons. The molecule has 1 aromatic heterocycles. The lowest BCUT2D eigenvalue weighted by atomic mass is 10.2. The lowest BCUT2D eigenvalue weighted by molar-refractivity contribution is -0.385. The Morgan fingerprint density at radius 1 is 1.32 bits per heavy atom. The molecule has 0 bridgehead atoms. The van der Waals surface area contributed by atoms with Gasteiger partial charge in [0, 0.05) is 28.8 Å². The van der Waals surface area contributed by atoms with Crippen LogP contribution in [-0.4, -0.2) is 9.91 Å². The quantitative estimate of drug-likeness (QED) is 0.487. The summed E-state index contributed by atoms with van der Waals surface area (Å²) in [4.78, 5) is 14.6. The van der Waals surface area contributed by atoms with Crippen molar-refractivity contribution in [1.82, 2.24) is 4.98 Å². The van der Waals surface area contributed by atoms with Gasteiger partial charge in [-0.1, -0.05) is 15.9 Å². The molecule has 0 saturated heterocycles. The average Bonchev–Trinajstić information content (AvgIpc) is 2.37. The molecule has 1 N–H and O–H groups in total. The van der Waals surface area contributed by atoms with Crippen molar-refractivity contribution in [2.75, 3.05) is 5.32 Å². The van der Waals surface area contributed by atoms with Gasteiger partial charge < -0.3 is 5.32 Å². The van der Waals surface area contributed by atoms with Gasteiger partial charge in [0.25, 0.3) is 5.69 Å². The molecule has 0 fully saturated rings. The predicted molar refractivity (Wildman–Crippen MR) is 80.1 cm³/mol. The minimum atomic E-state index is -0.387. The Kier molecular flexibility index (Phi) is 4.49. The smallest absolute Gasteiger partial charge is 0.274 e. The molecule has 0 unspecified atom stereocenters. The van der Waals surface area contributed by atoms with Crippen LogP contribution in [0.3, 0.4) is 0 Å². The Balaban J connectivity index is 2.22. The Morgan fingerprint density at radius 2 is 2.11 bits per heavy atom. The van der Waals surface area contributed by atoms with E-state index in [4.69, 9.17) is 0 Å². The highest BCUT2D eigenvalue weighted by Crippen LogP contribution is 2.25. The van der Waals surface area contributed by atoms with Gasteiger partial charge in [-0.15, -0.1) is 0 Å². The van der Waals surface area contributed by atoms with Crippen LogP contribution in [0, 0.1) is 10.1 Å². The van der Waals surface area contributed by atoms with E-state index in [1.54, 1.807) is 24.4 Å². The zero-order valence-corrected chi connectivity index (χ0v) is 12.8. The molecule has 0 saturated carbocycles. The maximum Gasteiger partial charge on any atom is 0.274 e. The summed E-state index contributed by atoms with van der Waals surface area (Å²) in [5.41, 5.74) is 1.49. The first-order chi connectivity index (χ1) is 9.08. The fourth-order valence-corrected chi connectivity index (χ4v) is 2.38. The van der Waals surface area contributed by atoms with Crippen molar-refractivity contribution >= 4 is 43.2 Å². The van der Waals surface area contributed by atoms with Crippen LogP contribution in [0.15, 0.2) is 45.6 Å². The monoisotopic (exact) mass is 385 g/mol. The third-order valence-corrected chi connectivity index (χ3v) is 3.59. The van der Waals surface area contributed by atoms with E-state index in [1.165, 1.54) is 6.07 Å². The van der Waals surface area contributed by atoms with E-state index in [0.717, 1.165) is 10.2 Å². The van der Waals surface area contributed by atoms with E-state index in [1.807, 2.05) is 6.07 Å². The summed E-state index contributed by atoms with van der Waals surface area (Å²) in [6.07, 6.45) is 1.66. The first-order valence-electron chi connectivity index (χ1n) is 5.35. The maximum absolute atomic E-state index is 11.0. The second kappa shape index (κ2) is 6.12. The van der Waals surface area contributed by atoms with Gasteiger partial charge in [0.05, 0.1) is 10.6 Å². The Labute approximate surface area is 126 Å². The predicted octanol–water partition coefficient (Wildman–Crippen LogP) is 4.13. The molecule has 0 aliphatic rings. The second-order valence-corrected chi connectivity index (χ2v) is 5.39. The second-order valence-electron chi connectivity index (χ2n) is 3.73. The highest BCUT2D eigenvalue weighted by molar-refractivity contribution is 9.10. The normalized spacial score (nSPS) is 10.2. The van der Waals surface area contributed by atoms with Gasteiger partial charge >= 0.3 is 0 Å². The van der Waals surface area contributed by atoms with Crippen molar-refractivity contribution in [3.05, 3.63) is 61.3 Å². The number of benzene rings is 1. The molecule has 7 heteroatoms. The standard InChI is InChI=1S/C12H9Br2N3O2/c13-9-3-4-11(17(18)19)8(6-9)7-16-10-2-1-5-15-12(10)14/h1-6,16H,7H2. The third kappa shape index (κ3) is 3.51. The summed E-state index contributed by atoms with van der Waals surface area (Å²) in [5.74, 6) is 0. The number of rotatable bonds is 4. The van der Waals surface area contributed by atoms with Gasteiger partial charge in [-0.2, -0.15) is 0 Å². The Bertz CT molecular complexity index is 620. The van der Waals surface area contributed by atoms with Gasteiger partial charge in [0.15, 0.2) is 0 Å². The number of halogens is 2. The average molecular weight is 387 g/mol. The Morgan fingerprint density at radius 3 is 2.79 bits per heavy atom. The zero-order chi connectivity index (χ0) is 13.8. The molecule has 1 aromatic carbocycles. The number of aromatic nitrogens is 1. The molecule has 2 rings (SSSR count). The summed E-state index contributed by atoms with van der Waals surface area (Å²) in [6, 6.07) is 8.51. The minimum absolute atomic E-state index is 0.0933. The van der Waals surface area contributed by atoms with Gasteiger partial charge in [-0.3, -0.25) is 10.1 Å². The molecular weight excluding hydrogens is 378 g/mol. The molecule has 0 amide bonds. The number of nitro groups is 1. The summed E-state index contributed by atoms with van der Waals surface area (Å²) in [6.45, 7) is 0.347. The Hall–Kier alpha value is -1.47. The van der Waals surface area contributed by atoms with Crippen LogP contribution < -0.4 is 5.32 Å². The lowest BCUT2D eigenvalue weighted by Crippen LogP contribution is -2.04. The van der Waals surface area contributed by atoms with Crippen molar-refractivity contribution in [1.29, 1.82) is 0 Å². The van der Waals surface area contributed by atoms with E-state index in [2.05, 4.69) is 42.2 Å². The fourth-order valence-electron chi connectivity index (χ4n) is 1.58. The molecule has 0 aliphatic carbocycles. The van der Waals surface area contributed by atoms with Crippen LogP contribution in [0.1, 0.15) is 5.56 Å². The van der Waals surface area contributed by atoms with E-state index >= 15 is 0 Å². The molecule has 0 spiro atoms. The number of anilines is 1. The molecule has 0 atom stereocenters. The van der Waals surface area contributed by atoms with Crippen LogP contribution in [0.25, 0.3) is 0 Å². The number of pyridine rings is 1. The number of nitrogens with zero attached hydrogens (tertiary/aromatic N) is 2. The SMILES string of the molecule is O=[N+]([O-])c1ccc(Br)cc1CNc1cccnc1Br. The number of nitro benzene ring substituents is 1. The van der Waals surface area contributed by atoms with Gasteiger partial charge in [0.1, 0.15) is 4.60 Å². The van der Waals surface area contributed by atoms with E-state index in [9.17, 15) is 10.1 Å². The van der Waals surface area contributed by atoms with Crippen LogP contribution in [0.2, 0.25) is 0 Å². The number of nitrogens with one attached hydrogen (secondary N) is 1. The molecule has 19 heavy (non-hydrogen) atoms. The highest BCUT2D eigenvalue weighted by Gasteiger charge is 2.13. The first-order valence-corrected chi connectivity index (χ1v) is 6.94. The molecule has 5 nitrogen and oxygen atoms in total. The topological polar surface area (TPSA) is 68.1 Å². The van der Waals surface area contributed by atoms with Gasteiger partial charge in [-0.25, -0.2) is 4.98 Å². The van der Waals surface area contributed by atoms with Crippen molar-refractivity contribution in [3.8, 4) is 0 Å². The minimum Gasteiger partial charge on any atom is -0.379 e. The molecule has 2 aromatic rings. The highest BCUT2D eigenvalue weighted by atomic mass is 79.9. The molecular formula is C12H9Br2N3O2. The lowest BCUT2D eigenvalue weighted by Gasteiger charge is -2.08. The van der Waals surface area contributed by atoms with Gasteiger partial charge in [-0.05, 0) is 40.2 Å². The fraction of sp³-hybridized carbons (Fsp3) is 0.0833. The van der Waals surface area contributed by atoms with Crippen molar-refractivity contribution < 1.29 is 4.92 Å². The molecule has 0 aliphatic heterocycles.